The lowest BCUT2D eigenvalue weighted by Crippen LogP contribution is -2.53. The molecule has 1 unspecified atom stereocenters. The van der Waals surface area contributed by atoms with Gasteiger partial charge in [-0.2, -0.15) is 0 Å². The van der Waals surface area contributed by atoms with Crippen molar-refractivity contribution in [2.45, 2.75) is 32.9 Å². The molecule has 0 N–H and O–H groups in total. The van der Waals surface area contributed by atoms with Crippen LogP contribution in [0.25, 0.3) is 21.2 Å². The SMILES string of the molecule is Cc1cc(C)c2nc(N3C(=O)c4oc5ccc(Cl)cc5c(=O)c4C34C(=O)N(Cc3ccccc3C)c3ccccc34)sc2c1. The Hall–Kier alpha value is -4.79. The van der Waals surface area contributed by atoms with Crippen LogP contribution in [-0.4, -0.2) is 16.8 Å². The highest BCUT2D eigenvalue weighted by Gasteiger charge is 2.66. The number of aromatic nitrogens is 1. The molecule has 0 fully saturated rings. The molecular weight excluding hydrogens is 594 g/mol. The topological polar surface area (TPSA) is 83.7 Å². The second-order valence-electron chi connectivity index (χ2n) is 11.4. The Morgan fingerprint density at radius 2 is 1.68 bits per heavy atom. The van der Waals surface area contributed by atoms with Gasteiger partial charge in [0.2, 0.25) is 5.76 Å². The standard InChI is InChI=1S/C35H24ClN3O4S/c1-18-14-20(3)29-27(15-18)44-34(37-29)39-32(41)31-28(30(40)23-16-22(36)12-13-26(23)43-31)35(39)24-10-6-7-11-25(24)38(33(35)42)17-21-9-5-4-8-19(21)2/h4-16H,17H2,1-3H3. The van der Waals surface area contributed by atoms with E-state index in [1.807, 2.05) is 81.4 Å². The average Bonchev–Trinajstić information content (AvgIpc) is 3.61. The van der Waals surface area contributed by atoms with E-state index >= 15 is 4.79 Å². The molecule has 8 rings (SSSR count). The number of benzene rings is 4. The smallest absolute Gasteiger partial charge is 0.297 e. The van der Waals surface area contributed by atoms with Gasteiger partial charge in [0.25, 0.3) is 11.8 Å². The first-order valence-electron chi connectivity index (χ1n) is 14.2. The van der Waals surface area contributed by atoms with Crippen LogP contribution in [0.1, 0.15) is 43.9 Å². The van der Waals surface area contributed by atoms with E-state index in [9.17, 15) is 9.59 Å². The molecule has 0 saturated heterocycles. The molecule has 216 valence electrons. The summed E-state index contributed by atoms with van der Waals surface area (Å²) in [5.74, 6) is -1.18. The van der Waals surface area contributed by atoms with Crippen LogP contribution in [0.3, 0.4) is 0 Å². The highest BCUT2D eigenvalue weighted by Crippen LogP contribution is 2.55. The molecule has 6 aromatic rings. The zero-order valence-corrected chi connectivity index (χ0v) is 25.5. The lowest BCUT2D eigenvalue weighted by atomic mass is 9.84. The summed E-state index contributed by atoms with van der Waals surface area (Å²) in [6.45, 7) is 6.22. The molecule has 2 aliphatic rings. The molecule has 9 heteroatoms. The van der Waals surface area contributed by atoms with E-state index < -0.39 is 22.8 Å². The van der Waals surface area contributed by atoms with Gasteiger partial charge in [-0.15, -0.1) is 0 Å². The minimum atomic E-state index is -1.83. The minimum absolute atomic E-state index is 0.0193. The number of carbonyl (C=O) groups excluding carboxylic acids is 2. The molecular formula is C35H24ClN3O4S. The minimum Gasteiger partial charge on any atom is -0.450 e. The first kappa shape index (κ1) is 26.8. The number of aryl methyl sites for hydroxylation is 3. The van der Waals surface area contributed by atoms with Crippen molar-refractivity contribution in [1.82, 2.24) is 4.98 Å². The number of nitrogens with zero attached hydrogens (tertiary/aromatic N) is 3. The van der Waals surface area contributed by atoms with Gasteiger partial charge in [-0.3, -0.25) is 19.3 Å². The third-order valence-electron chi connectivity index (χ3n) is 8.69. The molecule has 7 nitrogen and oxygen atoms in total. The number of hydrogen-bond donors (Lipinski definition) is 0. The Kier molecular flexibility index (Phi) is 5.70. The van der Waals surface area contributed by atoms with Crippen molar-refractivity contribution < 1.29 is 14.0 Å². The summed E-state index contributed by atoms with van der Waals surface area (Å²) in [7, 11) is 0. The molecule has 2 aromatic heterocycles. The zero-order chi connectivity index (χ0) is 30.5. The van der Waals surface area contributed by atoms with Gasteiger partial charge in [-0.05, 0) is 73.4 Å². The molecule has 2 amide bonds. The second-order valence-corrected chi connectivity index (χ2v) is 12.8. The number of para-hydroxylation sites is 1. The molecule has 0 bridgehead atoms. The van der Waals surface area contributed by atoms with Crippen molar-refractivity contribution in [2.24, 2.45) is 0 Å². The van der Waals surface area contributed by atoms with Crippen LogP contribution in [0, 0.1) is 20.8 Å². The van der Waals surface area contributed by atoms with E-state index in [1.165, 1.54) is 22.3 Å². The highest BCUT2D eigenvalue weighted by atomic mass is 35.5. The van der Waals surface area contributed by atoms with E-state index in [-0.39, 0.29) is 28.8 Å². The number of halogens is 1. The highest BCUT2D eigenvalue weighted by molar-refractivity contribution is 7.22. The first-order chi connectivity index (χ1) is 21.2. The Labute approximate surface area is 260 Å². The van der Waals surface area contributed by atoms with E-state index in [1.54, 1.807) is 17.0 Å². The van der Waals surface area contributed by atoms with Gasteiger partial charge in [0.1, 0.15) is 5.58 Å². The number of hydrogen-bond acceptors (Lipinski definition) is 6. The van der Waals surface area contributed by atoms with Gasteiger partial charge < -0.3 is 9.32 Å². The van der Waals surface area contributed by atoms with E-state index in [2.05, 4.69) is 0 Å². The van der Waals surface area contributed by atoms with E-state index in [0.29, 0.717) is 21.4 Å². The maximum atomic E-state index is 15.2. The van der Waals surface area contributed by atoms with Crippen LogP contribution < -0.4 is 15.2 Å². The fourth-order valence-electron chi connectivity index (χ4n) is 6.70. The number of anilines is 2. The quantitative estimate of drug-likeness (QED) is 0.206. The van der Waals surface area contributed by atoms with Crippen LogP contribution in [0.2, 0.25) is 5.02 Å². The van der Waals surface area contributed by atoms with Gasteiger partial charge in [-0.25, -0.2) is 4.98 Å². The fourth-order valence-corrected chi connectivity index (χ4v) is 8.07. The third-order valence-corrected chi connectivity index (χ3v) is 9.91. The van der Waals surface area contributed by atoms with Gasteiger partial charge in [-0.1, -0.05) is 71.5 Å². The maximum absolute atomic E-state index is 15.2. The largest absolute Gasteiger partial charge is 0.450 e. The molecule has 0 radical (unpaired) electrons. The maximum Gasteiger partial charge on any atom is 0.297 e. The molecule has 4 heterocycles. The predicted molar refractivity (Wildman–Crippen MR) is 173 cm³/mol. The van der Waals surface area contributed by atoms with Crippen LogP contribution in [0.5, 0.6) is 0 Å². The van der Waals surface area contributed by atoms with Crippen molar-refractivity contribution in [3.05, 3.63) is 133 Å². The summed E-state index contributed by atoms with van der Waals surface area (Å²) in [4.78, 5) is 52.3. The molecule has 0 aliphatic carbocycles. The van der Waals surface area contributed by atoms with Crippen molar-refractivity contribution in [3.63, 3.8) is 0 Å². The Morgan fingerprint density at radius 1 is 0.909 bits per heavy atom. The van der Waals surface area contributed by atoms with E-state index in [0.717, 1.165) is 32.5 Å². The van der Waals surface area contributed by atoms with Gasteiger partial charge in [0.05, 0.1) is 33.4 Å². The van der Waals surface area contributed by atoms with Crippen molar-refractivity contribution in [1.29, 1.82) is 0 Å². The summed E-state index contributed by atoms with van der Waals surface area (Å²) in [5.41, 5.74) is 3.75. The first-order valence-corrected chi connectivity index (χ1v) is 15.3. The van der Waals surface area contributed by atoms with Crippen LogP contribution >= 0.6 is 22.9 Å². The Balaban J connectivity index is 1.47. The van der Waals surface area contributed by atoms with Gasteiger partial charge in [0, 0.05) is 10.6 Å². The number of amides is 2. The normalized spacial score (nSPS) is 17.4. The van der Waals surface area contributed by atoms with Gasteiger partial charge in [0.15, 0.2) is 16.1 Å². The Bertz CT molecular complexity index is 2310. The van der Waals surface area contributed by atoms with Crippen LogP contribution in [0.15, 0.2) is 88.1 Å². The summed E-state index contributed by atoms with van der Waals surface area (Å²) in [6, 6.07) is 23.9. The molecule has 44 heavy (non-hydrogen) atoms. The summed E-state index contributed by atoms with van der Waals surface area (Å²) < 4.78 is 7.08. The lowest BCUT2D eigenvalue weighted by molar-refractivity contribution is -0.121. The van der Waals surface area contributed by atoms with E-state index in [4.69, 9.17) is 21.0 Å². The third kappa shape index (κ3) is 3.49. The monoisotopic (exact) mass is 617 g/mol. The number of carbonyl (C=O) groups is 2. The summed E-state index contributed by atoms with van der Waals surface area (Å²) >= 11 is 7.63. The predicted octanol–water partition coefficient (Wildman–Crippen LogP) is 7.43. The molecule has 0 saturated carbocycles. The van der Waals surface area contributed by atoms with Crippen LogP contribution in [0.4, 0.5) is 10.8 Å². The summed E-state index contributed by atoms with van der Waals surface area (Å²) in [5, 5.41) is 0.854. The molecule has 1 atom stereocenters. The Morgan fingerprint density at radius 3 is 2.50 bits per heavy atom. The molecule has 4 aromatic carbocycles. The van der Waals surface area contributed by atoms with Crippen LogP contribution in [-0.2, 0) is 16.9 Å². The fraction of sp³-hybridized carbons (Fsp3) is 0.143. The number of thiazole rings is 1. The second kappa shape index (κ2) is 9.35. The van der Waals surface area contributed by atoms with Crippen molar-refractivity contribution in [3.8, 4) is 0 Å². The van der Waals surface area contributed by atoms with Crippen molar-refractivity contribution >= 4 is 66.8 Å². The van der Waals surface area contributed by atoms with Crippen molar-refractivity contribution in [2.75, 3.05) is 9.80 Å². The number of rotatable bonds is 3. The number of fused-ring (bicyclic) bond motifs is 6. The van der Waals surface area contributed by atoms with Gasteiger partial charge >= 0.3 is 0 Å². The lowest BCUT2D eigenvalue weighted by Gasteiger charge is -2.32. The molecule has 1 spiro atoms. The average molecular weight is 618 g/mol. The summed E-state index contributed by atoms with van der Waals surface area (Å²) in [6.07, 6.45) is 0. The zero-order valence-electron chi connectivity index (χ0n) is 24.0. The molecule has 2 aliphatic heterocycles.